The number of halogens is 1. The fourth-order valence-electron chi connectivity index (χ4n) is 4.47. The molecule has 148 valence electrons. The quantitative estimate of drug-likeness (QED) is 0.753. The van der Waals surface area contributed by atoms with Gasteiger partial charge in [0.2, 0.25) is 0 Å². The molecule has 0 bridgehead atoms. The molecule has 1 aromatic carbocycles. The Morgan fingerprint density at radius 1 is 1.25 bits per heavy atom. The number of anilines is 1. The number of benzene rings is 1. The molecule has 4 N–H and O–H groups in total. The van der Waals surface area contributed by atoms with Gasteiger partial charge in [0.25, 0.3) is 5.91 Å². The summed E-state index contributed by atoms with van der Waals surface area (Å²) in [6, 6.07) is 10.7. The van der Waals surface area contributed by atoms with Crippen molar-refractivity contribution in [2.45, 2.75) is 31.7 Å². The largest absolute Gasteiger partial charge is 0.365 e. The predicted octanol–water partition coefficient (Wildman–Crippen LogP) is 2.10. The molecule has 4 rings (SSSR count). The summed E-state index contributed by atoms with van der Waals surface area (Å²) in [5, 5.41) is 0. The third-order valence-corrected chi connectivity index (χ3v) is 5.93. The zero-order valence-electron chi connectivity index (χ0n) is 16.0. The maximum absolute atomic E-state index is 13.7. The third-order valence-electron chi connectivity index (χ3n) is 5.93. The fraction of sp³-hybridized carbons (Fsp3) is 0.429. The molecule has 0 spiro atoms. The van der Waals surface area contributed by atoms with Crippen LogP contribution in [0.4, 0.5) is 10.2 Å². The minimum atomic E-state index is -0.447. The van der Waals surface area contributed by atoms with Gasteiger partial charge in [0.05, 0.1) is 5.56 Å². The van der Waals surface area contributed by atoms with E-state index in [0.717, 1.165) is 43.7 Å². The summed E-state index contributed by atoms with van der Waals surface area (Å²) < 4.78 is 13.7. The number of carbonyl (C=O) groups excluding carboxylic acids is 1. The Hall–Kier alpha value is -2.51. The van der Waals surface area contributed by atoms with Crippen molar-refractivity contribution in [3.05, 3.63) is 59.0 Å². The minimum Gasteiger partial charge on any atom is -0.365 e. The second-order valence-corrected chi connectivity index (χ2v) is 7.73. The molecule has 3 heterocycles. The highest BCUT2D eigenvalue weighted by molar-refractivity contribution is 5.97. The van der Waals surface area contributed by atoms with Crippen molar-refractivity contribution in [1.29, 1.82) is 0 Å². The highest BCUT2D eigenvalue weighted by atomic mass is 19.1. The third kappa shape index (κ3) is 3.72. The van der Waals surface area contributed by atoms with Gasteiger partial charge in [-0.2, -0.15) is 0 Å². The number of nitrogens with zero attached hydrogens (tertiary/aromatic N) is 2. The van der Waals surface area contributed by atoms with Gasteiger partial charge in [0.1, 0.15) is 11.6 Å². The Morgan fingerprint density at radius 2 is 2.04 bits per heavy atom. The molecule has 0 saturated carbocycles. The van der Waals surface area contributed by atoms with Gasteiger partial charge in [-0.25, -0.2) is 9.37 Å². The van der Waals surface area contributed by atoms with E-state index in [1.54, 1.807) is 18.2 Å². The number of aryl methyl sites for hydroxylation is 1. The molecule has 1 aromatic heterocycles. The first-order valence-corrected chi connectivity index (χ1v) is 9.79. The summed E-state index contributed by atoms with van der Waals surface area (Å²) in [5.74, 6) is 0.747. The van der Waals surface area contributed by atoms with Crippen LogP contribution in [0.1, 0.15) is 40.4 Å². The van der Waals surface area contributed by atoms with Crippen LogP contribution in [0.25, 0.3) is 0 Å². The zero-order chi connectivity index (χ0) is 19.7. The van der Waals surface area contributed by atoms with Crippen molar-refractivity contribution in [3.63, 3.8) is 0 Å². The van der Waals surface area contributed by atoms with Crippen LogP contribution in [0, 0.1) is 18.7 Å². The summed E-state index contributed by atoms with van der Waals surface area (Å²) in [6.07, 6.45) is 1.94. The normalized spacial score (nSPS) is 23.1. The van der Waals surface area contributed by atoms with Crippen molar-refractivity contribution in [1.82, 2.24) is 15.8 Å². The molecule has 2 aliphatic heterocycles. The Balaban J connectivity index is 1.47. The second kappa shape index (κ2) is 7.85. The summed E-state index contributed by atoms with van der Waals surface area (Å²) >= 11 is 0. The lowest BCUT2D eigenvalue weighted by molar-refractivity contribution is 0.100. The van der Waals surface area contributed by atoms with Crippen molar-refractivity contribution in [3.8, 4) is 0 Å². The molecule has 2 aromatic rings. The standard InChI is InChI=1S/C21H26FN5O/c1-13-5-6-17(20(23)28)21(25-13)27-9-7-14(8-10-27)19-18(12-24-26-19)15-3-2-4-16(22)11-15/h2-6,11,14,18-19,24,26H,7-10,12H2,1H3,(H2,23,28). The van der Waals surface area contributed by atoms with Crippen LogP contribution in [0.15, 0.2) is 36.4 Å². The maximum Gasteiger partial charge on any atom is 0.252 e. The maximum atomic E-state index is 13.7. The molecular weight excluding hydrogens is 357 g/mol. The molecule has 6 nitrogen and oxygen atoms in total. The van der Waals surface area contributed by atoms with Crippen LogP contribution in [0.3, 0.4) is 0 Å². The SMILES string of the molecule is Cc1ccc(C(N)=O)c(N2CCC(C3NNCC3c3cccc(F)c3)CC2)n1. The van der Waals surface area contributed by atoms with Crippen LogP contribution in [0.5, 0.6) is 0 Å². The number of hydrogen-bond donors (Lipinski definition) is 3. The van der Waals surface area contributed by atoms with Crippen LogP contribution < -0.4 is 21.5 Å². The van der Waals surface area contributed by atoms with Crippen molar-refractivity contribution in [2.24, 2.45) is 11.7 Å². The molecule has 0 radical (unpaired) electrons. The lowest BCUT2D eigenvalue weighted by Gasteiger charge is -2.37. The highest BCUT2D eigenvalue weighted by Crippen LogP contribution is 2.34. The lowest BCUT2D eigenvalue weighted by atomic mass is 9.80. The molecule has 28 heavy (non-hydrogen) atoms. The lowest BCUT2D eigenvalue weighted by Crippen LogP contribution is -2.44. The monoisotopic (exact) mass is 383 g/mol. The zero-order valence-corrected chi connectivity index (χ0v) is 16.0. The first-order valence-electron chi connectivity index (χ1n) is 9.79. The van der Waals surface area contributed by atoms with E-state index in [9.17, 15) is 9.18 Å². The Morgan fingerprint density at radius 3 is 2.75 bits per heavy atom. The number of rotatable bonds is 4. The topological polar surface area (TPSA) is 83.3 Å². The predicted molar refractivity (Wildman–Crippen MR) is 106 cm³/mol. The first kappa shape index (κ1) is 18.8. The van der Waals surface area contributed by atoms with E-state index in [1.807, 2.05) is 19.1 Å². The van der Waals surface area contributed by atoms with Crippen LogP contribution in [-0.2, 0) is 0 Å². The number of pyridine rings is 1. The Labute approximate surface area is 164 Å². The van der Waals surface area contributed by atoms with E-state index in [-0.39, 0.29) is 17.8 Å². The van der Waals surface area contributed by atoms with Gasteiger partial charge in [-0.15, -0.1) is 0 Å². The molecule has 0 aliphatic carbocycles. The number of nitrogens with two attached hydrogens (primary N) is 1. The van der Waals surface area contributed by atoms with E-state index >= 15 is 0 Å². The fourth-order valence-corrected chi connectivity index (χ4v) is 4.47. The van der Waals surface area contributed by atoms with Crippen molar-refractivity contribution >= 4 is 11.7 Å². The molecule has 2 saturated heterocycles. The second-order valence-electron chi connectivity index (χ2n) is 7.73. The van der Waals surface area contributed by atoms with E-state index in [0.29, 0.717) is 17.3 Å². The number of aromatic nitrogens is 1. The van der Waals surface area contributed by atoms with Crippen LogP contribution in [-0.4, -0.2) is 36.6 Å². The number of hydrazine groups is 1. The average molecular weight is 383 g/mol. The smallest absolute Gasteiger partial charge is 0.252 e. The molecule has 2 aliphatic rings. The van der Waals surface area contributed by atoms with Gasteiger partial charge >= 0.3 is 0 Å². The average Bonchev–Trinajstić information content (AvgIpc) is 3.18. The van der Waals surface area contributed by atoms with Crippen molar-refractivity contribution < 1.29 is 9.18 Å². The van der Waals surface area contributed by atoms with E-state index in [4.69, 9.17) is 5.73 Å². The summed E-state index contributed by atoms with van der Waals surface area (Å²) in [4.78, 5) is 18.5. The molecule has 1 amide bonds. The van der Waals surface area contributed by atoms with Gasteiger partial charge < -0.3 is 10.6 Å². The first-order chi connectivity index (χ1) is 13.5. The Kier molecular flexibility index (Phi) is 5.28. The van der Waals surface area contributed by atoms with Crippen LogP contribution in [0.2, 0.25) is 0 Å². The van der Waals surface area contributed by atoms with Gasteiger partial charge in [-0.3, -0.25) is 15.6 Å². The van der Waals surface area contributed by atoms with E-state index in [1.165, 1.54) is 6.07 Å². The molecule has 2 fully saturated rings. The number of amides is 1. The van der Waals surface area contributed by atoms with Gasteiger partial charge in [0.15, 0.2) is 0 Å². The van der Waals surface area contributed by atoms with Gasteiger partial charge in [0, 0.05) is 37.3 Å². The molecule has 2 atom stereocenters. The number of primary amides is 1. The number of piperidine rings is 1. The van der Waals surface area contributed by atoms with Crippen LogP contribution >= 0.6 is 0 Å². The number of nitrogens with one attached hydrogen (secondary N) is 2. The van der Waals surface area contributed by atoms with Gasteiger partial charge in [-0.05, 0) is 55.5 Å². The van der Waals surface area contributed by atoms with Gasteiger partial charge in [-0.1, -0.05) is 12.1 Å². The summed E-state index contributed by atoms with van der Waals surface area (Å²) in [5.41, 5.74) is 14.6. The van der Waals surface area contributed by atoms with E-state index < -0.39 is 5.91 Å². The van der Waals surface area contributed by atoms with E-state index in [2.05, 4.69) is 20.7 Å². The number of hydrogen-bond acceptors (Lipinski definition) is 5. The minimum absolute atomic E-state index is 0.192. The molecule has 2 unspecified atom stereocenters. The Bertz CT molecular complexity index is 866. The molecular formula is C21H26FN5O. The van der Waals surface area contributed by atoms with Crippen molar-refractivity contribution in [2.75, 3.05) is 24.5 Å². The summed E-state index contributed by atoms with van der Waals surface area (Å²) in [7, 11) is 0. The number of carbonyl (C=O) groups is 1. The highest BCUT2D eigenvalue weighted by Gasteiger charge is 2.36. The molecule has 7 heteroatoms. The summed E-state index contributed by atoms with van der Waals surface area (Å²) in [6.45, 7) is 4.34.